The number of rotatable bonds is 4. The molecule has 18 heavy (non-hydrogen) atoms. The molecule has 100 valence electrons. The molecular formula is C12H16FNO3S. The van der Waals surface area contributed by atoms with E-state index in [0.717, 1.165) is 18.5 Å². The normalized spacial score (nSPS) is 20.2. The monoisotopic (exact) mass is 273 g/mol. The Kier molecular flexibility index (Phi) is 3.99. The molecule has 1 heterocycles. The minimum absolute atomic E-state index is 0.0794. The quantitative estimate of drug-likeness (QED) is 0.851. The van der Waals surface area contributed by atoms with E-state index in [1.807, 2.05) is 0 Å². The van der Waals surface area contributed by atoms with Crippen molar-refractivity contribution in [3.8, 4) is 0 Å². The first-order valence-corrected chi connectivity index (χ1v) is 7.26. The van der Waals surface area contributed by atoms with Crippen LogP contribution in [-0.4, -0.2) is 21.2 Å². The summed E-state index contributed by atoms with van der Waals surface area (Å²) in [4.78, 5) is -0.0794. The molecule has 1 aliphatic rings. The van der Waals surface area contributed by atoms with E-state index in [1.165, 1.54) is 12.1 Å². The third-order valence-corrected chi connectivity index (χ3v) is 4.31. The minimum Gasteiger partial charge on any atom is -0.291 e. The lowest BCUT2D eigenvalue weighted by Gasteiger charge is -2.14. The summed E-state index contributed by atoms with van der Waals surface area (Å²) < 4.78 is 42.0. The van der Waals surface area contributed by atoms with Crippen LogP contribution in [0.2, 0.25) is 0 Å². The standard InChI is InChI=1S/C12H16FNO3S/c1-9-4-5-11(10(7-9)8-13)18(15,16)17-12-3-2-6-14-12/h4-5,7,12,14H,2-3,6,8H2,1H3. The fourth-order valence-corrected chi connectivity index (χ4v) is 3.24. The molecule has 0 amide bonds. The molecule has 4 nitrogen and oxygen atoms in total. The Balaban J connectivity index is 2.28. The van der Waals surface area contributed by atoms with E-state index in [-0.39, 0.29) is 10.5 Å². The van der Waals surface area contributed by atoms with Crippen molar-refractivity contribution in [1.29, 1.82) is 0 Å². The molecule has 1 atom stereocenters. The molecule has 0 aliphatic carbocycles. The van der Waals surface area contributed by atoms with Crippen molar-refractivity contribution in [1.82, 2.24) is 5.32 Å². The van der Waals surface area contributed by atoms with E-state index in [0.29, 0.717) is 6.42 Å². The lowest BCUT2D eigenvalue weighted by atomic mass is 10.1. The SMILES string of the molecule is Cc1ccc(S(=O)(=O)OC2CCCN2)c(CF)c1. The summed E-state index contributed by atoms with van der Waals surface area (Å²) >= 11 is 0. The first kappa shape index (κ1) is 13.5. The van der Waals surface area contributed by atoms with Gasteiger partial charge in [0.2, 0.25) is 0 Å². The summed E-state index contributed by atoms with van der Waals surface area (Å²) in [7, 11) is -3.91. The van der Waals surface area contributed by atoms with Crippen LogP contribution in [0.15, 0.2) is 23.1 Å². The van der Waals surface area contributed by atoms with Crippen LogP contribution >= 0.6 is 0 Å². The van der Waals surface area contributed by atoms with Crippen LogP contribution in [0, 0.1) is 6.92 Å². The number of hydrogen-bond donors (Lipinski definition) is 1. The molecule has 0 radical (unpaired) electrons. The highest BCUT2D eigenvalue weighted by atomic mass is 32.2. The Labute approximate surface area is 106 Å². The molecule has 0 bridgehead atoms. The number of aryl methyl sites for hydroxylation is 1. The van der Waals surface area contributed by atoms with Crippen LogP contribution in [0.1, 0.15) is 24.0 Å². The summed E-state index contributed by atoms with van der Waals surface area (Å²) in [6, 6.07) is 4.56. The van der Waals surface area contributed by atoms with Gasteiger partial charge in [-0.05, 0) is 32.4 Å². The number of nitrogens with one attached hydrogen (secondary N) is 1. The zero-order valence-electron chi connectivity index (χ0n) is 10.1. The second-order valence-electron chi connectivity index (χ2n) is 4.38. The Morgan fingerprint density at radius 3 is 2.89 bits per heavy atom. The summed E-state index contributed by atoms with van der Waals surface area (Å²) in [6.45, 7) is 1.71. The molecule has 0 aromatic heterocycles. The second kappa shape index (κ2) is 5.34. The molecule has 1 aliphatic heterocycles. The summed E-state index contributed by atoms with van der Waals surface area (Å²) in [5.74, 6) is 0. The van der Waals surface area contributed by atoms with Gasteiger partial charge in [0.05, 0.1) is 4.90 Å². The first-order valence-electron chi connectivity index (χ1n) is 5.85. The van der Waals surface area contributed by atoms with E-state index in [9.17, 15) is 12.8 Å². The van der Waals surface area contributed by atoms with Crippen LogP contribution < -0.4 is 5.32 Å². The Hall–Kier alpha value is -0.980. The van der Waals surface area contributed by atoms with Crippen molar-refractivity contribution < 1.29 is 17.0 Å². The zero-order chi connectivity index (χ0) is 13.2. The fraction of sp³-hybridized carbons (Fsp3) is 0.500. The maximum Gasteiger partial charge on any atom is 0.298 e. The average molecular weight is 273 g/mol. The molecule has 1 fully saturated rings. The lowest BCUT2D eigenvalue weighted by Crippen LogP contribution is -2.28. The van der Waals surface area contributed by atoms with E-state index in [4.69, 9.17) is 4.18 Å². The average Bonchev–Trinajstić information content (AvgIpc) is 2.80. The number of halogens is 1. The van der Waals surface area contributed by atoms with E-state index in [2.05, 4.69) is 5.32 Å². The van der Waals surface area contributed by atoms with Crippen LogP contribution in [0.5, 0.6) is 0 Å². The highest BCUT2D eigenvalue weighted by molar-refractivity contribution is 7.86. The van der Waals surface area contributed by atoms with Gasteiger partial charge < -0.3 is 0 Å². The van der Waals surface area contributed by atoms with Crippen molar-refractivity contribution in [3.05, 3.63) is 29.3 Å². The smallest absolute Gasteiger partial charge is 0.291 e. The topological polar surface area (TPSA) is 55.4 Å². The Morgan fingerprint density at radius 1 is 1.50 bits per heavy atom. The third kappa shape index (κ3) is 2.88. The molecule has 0 saturated carbocycles. The second-order valence-corrected chi connectivity index (χ2v) is 5.92. The van der Waals surface area contributed by atoms with Gasteiger partial charge in [0.15, 0.2) is 0 Å². The summed E-state index contributed by atoms with van der Waals surface area (Å²) in [5, 5.41) is 2.94. The third-order valence-electron chi connectivity index (χ3n) is 2.89. The van der Waals surface area contributed by atoms with Gasteiger partial charge in [0.1, 0.15) is 12.9 Å². The van der Waals surface area contributed by atoms with Crippen molar-refractivity contribution in [2.75, 3.05) is 6.54 Å². The van der Waals surface area contributed by atoms with Gasteiger partial charge in [-0.15, -0.1) is 0 Å². The lowest BCUT2D eigenvalue weighted by molar-refractivity contribution is 0.195. The molecular weight excluding hydrogens is 257 g/mol. The highest BCUT2D eigenvalue weighted by Gasteiger charge is 2.26. The summed E-state index contributed by atoms with van der Waals surface area (Å²) in [5.41, 5.74) is 0.966. The Morgan fingerprint density at radius 2 is 2.28 bits per heavy atom. The van der Waals surface area contributed by atoms with E-state index in [1.54, 1.807) is 13.0 Å². The molecule has 1 unspecified atom stereocenters. The number of benzene rings is 1. The minimum atomic E-state index is -3.91. The molecule has 1 N–H and O–H groups in total. The van der Waals surface area contributed by atoms with E-state index >= 15 is 0 Å². The largest absolute Gasteiger partial charge is 0.298 e. The van der Waals surface area contributed by atoms with E-state index < -0.39 is 23.0 Å². The Bertz CT molecular complexity index is 524. The van der Waals surface area contributed by atoms with Gasteiger partial charge in [-0.25, -0.2) is 8.57 Å². The first-order chi connectivity index (χ1) is 8.53. The van der Waals surface area contributed by atoms with Crippen LogP contribution in [0.25, 0.3) is 0 Å². The number of alkyl halides is 1. The predicted molar refractivity (Wildman–Crippen MR) is 65.3 cm³/mol. The van der Waals surface area contributed by atoms with Gasteiger partial charge in [0.25, 0.3) is 10.1 Å². The van der Waals surface area contributed by atoms with Gasteiger partial charge in [0, 0.05) is 5.56 Å². The predicted octanol–water partition coefficient (Wildman–Crippen LogP) is 1.88. The van der Waals surface area contributed by atoms with Gasteiger partial charge in [-0.3, -0.25) is 5.32 Å². The van der Waals surface area contributed by atoms with Crippen molar-refractivity contribution in [2.24, 2.45) is 0 Å². The summed E-state index contributed by atoms with van der Waals surface area (Å²) in [6.07, 6.45) is 1.03. The molecule has 0 spiro atoms. The molecule has 1 aromatic rings. The zero-order valence-corrected chi connectivity index (χ0v) is 11.0. The van der Waals surface area contributed by atoms with Gasteiger partial charge >= 0.3 is 0 Å². The van der Waals surface area contributed by atoms with Gasteiger partial charge in [-0.2, -0.15) is 8.42 Å². The molecule has 2 rings (SSSR count). The van der Waals surface area contributed by atoms with Crippen molar-refractivity contribution in [3.63, 3.8) is 0 Å². The molecule has 1 aromatic carbocycles. The highest BCUT2D eigenvalue weighted by Crippen LogP contribution is 2.23. The molecule has 1 saturated heterocycles. The fourth-order valence-electron chi connectivity index (χ4n) is 2.00. The van der Waals surface area contributed by atoms with Crippen LogP contribution in [0.4, 0.5) is 4.39 Å². The maximum absolute atomic E-state index is 12.9. The van der Waals surface area contributed by atoms with Crippen molar-refractivity contribution >= 4 is 10.1 Å². The number of hydrogen-bond acceptors (Lipinski definition) is 4. The van der Waals surface area contributed by atoms with Crippen LogP contribution in [0.3, 0.4) is 0 Å². The maximum atomic E-state index is 12.9. The van der Waals surface area contributed by atoms with Crippen LogP contribution in [-0.2, 0) is 21.0 Å². The van der Waals surface area contributed by atoms with Gasteiger partial charge in [-0.1, -0.05) is 17.7 Å². The van der Waals surface area contributed by atoms with Crippen molar-refractivity contribution in [2.45, 2.75) is 37.6 Å². The molecule has 6 heteroatoms.